The SMILES string of the molecule is CCCNC1CCN(CCCN2CCOCC2)C1. The second-order valence-electron chi connectivity index (χ2n) is 5.55. The predicted molar refractivity (Wildman–Crippen MR) is 75.0 cm³/mol. The fraction of sp³-hybridized carbons (Fsp3) is 1.00. The molecule has 0 bridgehead atoms. The minimum Gasteiger partial charge on any atom is -0.379 e. The molecule has 0 saturated carbocycles. The number of ether oxygens (including phenoxy) is 1. The molecule has 18 heavy (non-hydrogen) atoms. The molecule has 0 aromatic heterocycles. The van der Waals surface area contributed by atoms with Crippen molar-refractivity contribution < 1.29 is 4.74 Å². The summed E-state index contributed by atoms with van der Waals surface area (Å²) in [4.78, 5) is 5.15. The number of morpholine rings is 1. The molecule has 1 N–H and O–H groups in total. The number of nitrogens with one attached hydrogen (secondary N) is 1. The molecule has 0 amide bonds. The van der Waals surface area contributed by atoms with E-state index in [4.69, 9.17) is 4.74 Å². The van der Waals surface area contributed by atoms with Gasteiger partial charge >= 0.3 is 0 Å². The Bertz CT molecular complexity index is 219. The largest absolute Gasteiger partial charge is 0.379 e. The molecule has 106 valence electrons. The average Bonchev–Trinajstić information content (AvgIpc) is 2.85. The Hall–Kier alpha value is -0.160. The number of rotatable bonds is 7. The Labute approximate surface area is 112 Å². The van der Waals surface area contributed by atoms with Gasteiger partial charge < -0.3 is 15.0 Å². The van der Waals surface area contributed by atoms with Crippen LogP contribution in [0.3, 0.4) is 0 Å². The number of hydrogen-bond acceptors (Lipinski definition) is 4. The third-order valence-corrected chi connectivity index (χ3v) is 4.01. The maximum absolute atomic E-state index is 5.37. The standard InChI is InChI=1S/C14H29N3O/c1-2-5-15-14-4-8-17(13-14)7-3-6-16-9-11-18-12-10-16/h14-15H,2-13H2,1H3. The summed E-state index contributed by atoms with van der Waals surface area (Å²) < 4.78 is 5.37. The summed E-state index contributed by atoms with van der Waals surface area (Å²) in [6.07, 6.45) is 3.88. The van der Waals surface area contributed by atoms with Gasteiger partial charge in [0.1, 0.15) is 0 Å². The van der Waals surface area contributed by atoms with E-state index in [9.17, 15) is 0 Å². The molecular formula is C14H29N3O. The van der Waals surface area contributed by atoms with Crippen molar-refractivity contribution in [3.63, 3.8) is 0 Å². The smallest absolute Gasteiger partial charge is 0.0594 e. The van der Waals surface area contributed by atoms with Crippen LogP contribution in [0, 0.1) is 0 Å². The molecule has 1 atom stereocenters. The van der Waals surface area contributed by atoms with E-state index in [0.717, 1.165) is 32.3 Å². The molecule has 4 heteroatoms. The fourth-order valence-corrected chi connectivity index (χ4v) is 2.89. The van der Waals surface area contributed by atoms with Crippen molar-refractivity contribution >= 4 is 0 Å². The van der Waals surface area contributed by atoms with E-state index in [0.29, 0.717) is 0 Å². The van der Waals surface area contributed by atoms with Crippen LogP contribution < -0.4 is 5.32 Å². The zero-order chi connectivity index (χ0) is 12.6. The van der Waals surface area contributed by atoms with Crippen LogP contribution in [-0.4, -0.2) is 74.9 Å². The normalized spacial score (nSPS) is 26.8. The summed E-state index contributed by atoms with van der Waals surface area (Å²) >= 11 is 0. The van der Waals surface area contributed by atoms with Crippen molar-refractivity contribution in [2.75, 3.05) is 59.0 Å². The van der Waals surface area contributed by atoms with Gasteiger partial charge in [-0.25, -0.2) is 0 Å². The molecule has 4 nitrogen and oxygen atoms in total. The van der Waals surface area contributed by atoms with Gasteiger partial charge in [-0.2, -0.15) is 0 Å². The third-order valence-electron chi connectivity index (χ3n) is 4.01. The molecule has 0 aromatic carbocycles. The molecule has 1 unspecified atom stereocenters. The highest BCUT2D eigenvalue weighted by molar-refractivity contribution is 4.80. The first-order valence-corrected chi connectivity index (χ1v) is 7.64. The first-order chi connectivity index (χ1) is 8.88. The molecule has 2 fully saturated rings. The minimum absolute atomic E-state index is 0.744. The molecule has 0 spiro atoms. The summed E-state index contributed by atoms with van der Waals surface area (Å²) in [7, 11) is 0. The lowest BCUT2D eigenvalue weighted by Gasteiger charge is -2.27. The summed E-state index contributed by atoms with van der Waals surface area (Å²) in [6, 6.07) is 0.744. The lowest BCUT2D eigenvalue weighted by atomic mass is 10.2. The predicted octanol–water partition coefficient (Wildman–Crippen LogP) is 0.783. The van der Waals surface area contributed by atoms with Crippen molar-refractivity contribution in [3.8, 4) is 0 Å². The highest BCUT2D eigenvalue weighted by Crippen LogP contribution is 2.10. The van der Waals surface area contributed by atoms with Gasteiger partial charge in [0, 0.05) is 25.7 Å². The topological polar surface area (TPSA) is 27.7 Å². The zero-order valence-corrected chi connectivity index (χ0v) is 11.9. The van der Waals surface area contributed by atoms with Crippen LogP contribution in [0.5, 0.6) is 0 Å². The van der Waals surface area contributed by atoms with Gasteiger partial charge in [0.2, 0.25) is 0 Å². The second-order valence-corrected chi connectivity index (χ2v) is 5.55. The van der Waals surface area contributed by atoms with Gasteiger partial charge in [-0.15, -0.1) is 0 Å². The second kappa shape index (κ2) is 8.10. The van der Waals surface area contributed by atoms with E-state index < -0.39 is 0 Å². The molecule has 2 heterocycles. The van der Waals surface area contributed by atoms with Gasteiger partial charge in [-0.1, -0.05) is 6.92 Å². The Balaban J connectivity index is 1.52. The van der Waals surface area contributed by atoms with E-state index >= 15 is 0 Å². The van der Waals surface area contributed by atoms with Gasteiger partial charge in [0.25, 0.3) is 0 Å². The van der Waals surface area contributed by atoms with E-state index in [1.807, 2.05) is 0 Å². The van der Waals surface area contributed by atoms with E-state index in [2.05, 4.69) is 22.0 Å². The molecule has 2 aliphatic rings. The molecule has 2 aliphatic heterocycles. The van der Waals surface area contributed by atoms with Crippen LogP contribution in [0.2, 0.25) is 0 Å². The maximum atomic E-state index is 5.37. The Morgan fingerprint density at radius 1 is 1.11 bits per heavy atom. The van der Waals surface area contributed by atoms with Crippen molar-refractivity contribution in [1.29, 1.82) is 0 Å². The van der Waals surface area contributed by atoms with Crippen molar-refractivity contribution in [2.24, 2.45) is 0 Å². The molecule has 0 radical (unpaired) electrons. The number of nitrogens with zero attached hydrogens (tertiary/aromatic N) is 2. The summed E-state index contributed by atoms with van der Waals surface area (Å²) in [5.41, 5.74) is 0. The van der Waals surface area contributed by atoms with Crippen LogP contribution in [-0.2, 0) is 4.74 Å². The zero-order valence-electron chi connectivity index (χ0n) is 11.9. The fourth-order valence-electron chi connectivity index (χ4n) is 2.89. The number of hydrogen-bond donors (Lipinski definition) is 1. The maximum Gasteiger partial charge on any atom is 0.0594 e. The Kier molecular flexibility index (Phi) is 6.41. The summed E-state index contributed by atoms with van der Waals surface area (Å²) in [5.74, 6) is 0. The molecule has 2 saturated heterocycles. The monoisotopic (exact) mass is 255 g/mol. The van der Waals surface area contributed by atoms with Crippen molar-refractivity contribution in [1.82, 2.24) is 15.1 Å². The van der Waals surface area contributed by atoms with Crippen LogP contribution in [0.15, 0.2) is 0 Å². The molecule has 2 rings (SSSR count). The molecule has 0 aromatic rings. The molecular weight excluding hydrogens is 226 g/mol. The third kappa shape index (κ3) is 4.84. The highest BCUT2D eigenvalue weighted by Gasteiger charge is 2.21. The van der Waals surface area contributed by atoms with E-state index in [-0.39, 0.29) is 0 Å². The Morgan fingerprint density at radius 2 is 1.89 bits per heavy atom. The van der Waals surface area contributed by atoms with Gasteiger partial charge in [0.15, 0.2) is 0 Å². The van der Waals surface area contributed by atoms with E-state index in [1.54, 1.807) is 0 Å². The van der Waals surface area contributed by atoms with Crippen molar-refractivity contribution in [2.45, 2.75) is 32.2 Å². The van der Waals surface area contributed by atoms with Crippen LogP contribution in [0.4, 0.5) is 0 Å². The minimum atomic E-state index is 0.744. The quantitative estimate of drug-likeness (QED) is 0.728. The first kappa shape index (κ1) is 14.3. The average molecular weight is 255 g/mol. The van der Waals surface area contributed by atoms with Gasteiger partial charge in [-0.05, 0) is 45.4 Å². The first-order valence-electron chi connectivity index (χ1n) is 7.64. The lowest BCUT2D eigenvalue weighted by Crippen LogP contribution is -2.38. The van der Waals surface area contributed by atoms with Gasteiger partial charge in [0.05, 0.1) is 13.2 Å². The highest BCUT2D eigenvalue weighted by atomic mass is 16.5. The summed E-state index contributed by atoms with van der Waals surface area (Å²) in [5, 5.41) is 3.63. The summed E-state index contributed by atoms with van der Waals surface area (Å²) in [6.45, 7) is 12.6. The van der Waals surface area contributed by atoms with Crippen LogP contribution in [0.1, 0.15) is 26.2 Å². The van der Waals surface area contributed by atoms with Crippen LogP contribution in [0.25, 0.3) is 0 Å². The Morgan fingerprint density at radius 3 is 2.67 bits per heavy atom. The molecule has 0 aliphatic carbocycles. The van der Waals surface area contributed by atoms with Gasteiger partial charge in [-0.3, -0.25) is 4.90 Å². The van der Waals surface area contributed by atoms with Crippen LogP contribution >= 0.6 is 0 Å². The van der Waals surface area contributed by atoms with Crippen molar-refractivity contribution in [3.05, 3.63) is 0 Å². The van der Waals surface area contributed by atoms with E-state index in [1.165, 1.54) is 52.0 Å². The lowest BCUT2D eigenvalue weighted by molar-refractivity contribution is 0.0364. The number of likely N-dealkylation sites (tertiary alicyclic amines) is 1.